The Morgan fingerprint density at radius 1 is 1.12 bits per heavy atom. The third kappa shape index (κ3) is 4.15. The van der Waals surface area contributed by atoms with Gasteiger partial charge in [0.15, 0.2) is 0 Å². The van der Waals surface area contributed by atoms with E-state index in [-0.39, 0.29) is 0 Å². The Kier molecular flexibility index (Phi) is 5.05. The third-order valence-electron chi connectivity index (χ3n) is 2.66. The second kappa shape index (κ2) is 6.80. The molecule has 1 atom stereocenters. The van der Waals surface area contributed by atoms with Crippen molar-refractivity contribution in [3.63, 3.8) is 0 Å². The van der Waals surface area contributed by atoms with Crippen molar-refractivity contribution in [1.82, 2.24) is 5.32 Å². The van der Waals surface area contributed by atoms with Crippen molar-refractivity contribution in [2.45, 2.75) is 19.0 Å². The molecule has 2 rings (SSSR count). The first-order chi connectivity index (χ1) is 8.38. The number of benzene rings is 1. The summed E-state index contributed by atoms with van der Waals surface area (Å²) in [4.78, 5) is 1.35. The maximum Gasteiger partial charge on any atom is 0.0380 e. The van der Waals surface area contributed by atoms with Crippen molar-refractivity contribution in [3.05, 3.63) is 58.3 Å². The minimum atomic E-state index is 0.334. The van der Waals surface area contributed by atoms with Crippen LogP contribution in [0.15, 0.2) is 47.8 Å². The van der Waals surface area contributed by atoms with Crippen LogP contribution in [0.4, 0.5) is 0 Å². The van der Waals surface area contributed by atoms with Crippen LogP contribution in [0.2, 0.25) is 0 Å². The van der Waals surface area contributed by atoms with Gasteiger partial charge in [-0.2, -0.15) is 0 Å². The molecule has 2 aromatic rings. The largest absolute Gasteiger partial charge is 0.308 e. The van der Waals surface area contributed by atoms with E-state index in [2.05, 4.69) is 47.1 Å². The van der Waals surface area contributed by atoms with Crippen LogP contribution < -0.4 is 5.32 Å². The molecule has 17 heavy (non-hydrogen) atoms. The molecule has 1 heterocycles. The van der Waals surface area contributed by atoms with Gasteiger partial charge in [-0.25, -0.2) is 0 Å². The summed E-state index contributed by atoms with van der Waals surface area (Å²) in [6, 6.07) is 15.0. The molecule has 0 radical (unpaired) electrons. The summed E-state index contributed by atoms with van der Waals surface area (Å²) in [6.07, 6.45) is 0.982. The second-order valence-electron chi connectivity index (χ2n) is 4.00. The molecule has 1 unspecified atom stereocenters. The molecule has 0 amide bonds. The summed E-state index contributed by atoms with van der Waals surface area (Å²) in [6.45, 7) is 0.905. The van der Waals surface area contributed by atoms with E-state index in [9.17, 15) is 0 Å². The Labute approximate surface area is 111 Å². The normalized spacial score (nSPS) is 12.5. The fourth-order valence-corrected chi connectivity index (χ4v) is 2.61. The number of thiophene rings is 1. The van der Waals surface area contributed by atoms with Crippen molar-refractivity contribution in [3.8, 4) is 0 Å². The standard InChI is InChI=1S/C14H16ClNS/c15-10-13(9-12-5-2-1-3-6-12)16-11-14-7-4-8-17-14/h1-8,13,16H,9-11H2. The fourth-order valence-electron chi connectivity index (χ4n) is 1.74. The molecule has 0 saturated heterocycles. The van der Waals surface area contributed by atoms with Gasteiger partial charge in [0, 0.05) is 23.3 Å². The van der Waals surface area contributed by atoms with E-state index in [1.165, 1.54) is 10.4 Å². The first kappa shape index (κ1) is 12.6. The topological polar surface area (TPSA) is 12.0 Å². The van der Waals surface area contributed by atoms with Gasteiger partial charge in [-0.3, -0.25) is 0 Å². The molecule has 0 fully saturated rings. The molecule has 1 N–H and O–H groups in total. The van der Waals surface area contributed by atoms with E-state index < -0.39 is 0 Å². The number of rotatable bonds is 6. The SMILES string of the molecule is ClCC(Cc1ccccc1)NCc1cccs1. The highest BCUT2D eigenvalue weighted by Crippen LogP contribution is 2.10. The second-order valence-corrected chi connectivity index (χ2v) is 5.34. The van der Waals surface area contributed by atoms with E-state index in [1.807, 2.05) is 6.07 Å². The van der Waals surface area contributed by atoms with Crippen LogP contribution in [0.5, 0.6) is 0 Å². The fraction of sp³-hybridized carbons (Fsp3) is 0.286. The zero-order valence-electron chi connectivity index (χ0n) is 9.60. The highest BCUT2D eigenvalue weighted by Gasteiger charge is 2.07. The molecule has 0 aliphatic heterocycles. The Morgan fingerprint density at radius 2 is 1.94 bits per heavy atom. The number of halogens is 1. The van der Waals surface area contributed by atoms with E-state index >= 15 is 0 Å². The van der Waals surface area contributed by atoms with E-state index in [4.69, 9.17) is 11.6 Å². The smallest absolute Gasteiger partial charge is 0.0380 e. The predicted octanol–water partition coefficient (Wildman–Crippen LogP) is 3.69. The Bertz CT molecular complexity index is 413. The minimum Gasteiger partial charge on any atom is -0.308 e. The van der Waals surface area contributed by atoms with Gasteiger partial charge in [0.05, 0.1) is 0 Å². The summed E-state index contributed by atoms with van der Waals surface area (Å²) in [5.41, 5.74) is 1.33. The van der Waals surface area contributed by atoms with Crippen LogP contribution in [-0.4, -0.2) is 11.9 Å². The van der Waals surface area contributed by atoms with Crippen molar-refractivity contribution in [1.29, 1.82) is 0 Å². The van der Waals surface area contributed by atoms with Gasteiger partial charge >= 0.3 is 0 Å². The van der Waals surface area contributed by atoms with Crippen LogP contribution >= 0.6 is 22.9 Å². The van der Waals surface area contributed by atoms with Gasteiger partial charge in [-0.1, -0.05) is 36.4 Å². The Balaban J connectivity index is 1.85. The van der Waals surface area contributed by atoms with Crippen molar-refractivity contribution < 1.29 is 0 Å². The summed E-state index contributed by atoms with van der Waals surface area (Å²) in [5.74, 6) is 0.639. The van der Waals surface area contributed by atoms with Crippen LogP contribution in [-0.2, 0) is 13.0 Å². The average Bonchev–Trinajstić information content (AvgIpc) is 2.89. The van der Waals surface area contributed by atoms with Gasteiger partial charge in [-0.05, 0) is 23.4 Å². The molecule has 0 aliphatic carbocycles. The number of alkyl halides is 1. The van der Waals surface area contributed by atoms with Gasteiger partial charge in [-0.15, -0.1) is 22.9 Å². The van der Waals surface area contributed by atoms with E-state index in [0.717, 1.165) is 13.0 Å². The zero-order chi connectivity index (χ0) is 11.9. The van der Waals surface area contributed by atoms with E-state index in [0.29, 0.717) is 11.9 Å². The maximum atomic E-state index is 6.00. The number of hydrogen-bond donors (Lipinski definition) is 1. The summed E-state index contributed by atoms with van der Waals surface area (Å²) >= 11 is 7.77. The number of nitrogens with one attached hydrogen (secondary N) is 1. The first-order valence-electron chi connectivity index (χ1n) is 5.74. The molecular formula is C14H16ClNS. The molecule has 1 nitrogen and oxygen atoms in total. The molecular weight excluding hydrogens is 250 g/mol. The third-order valence-corrected chi connectivity index (χ3v) is 3.91. The van der Waals surface area contributed by atoms with Crippen molar-refractivity contribution >= 4 is 22.9 Å². The lowest BCUT2D eigenvalue weighted by molar-refractivity contribution is 0.553. The molecule has 1 aromatic carbocycles. The maximum absolute atomic E-state index is 6.00. The zero-order valence-corrected chi connectivity index (χ0v) is 11.2. The molecule has 1 aromatic heterocycles. The number of hydrogen-bond acceptors (Lipinski definition) is 2. The lowest BCUT2D eigenvalue weighted by atomic mass is 10.1. The van der Waals surface area contributed by atoms with Crippen LogP contribution in [0.1, 0.15) is 10.4 Å². The van der Waals surface area contributed by atoms with Crippen molar-refractivity contribution in [2.24, 2.45) is 0 Å². The molecule has 0 aliphatic rings. The summed E-state index contributed by atoms with van der Waals surface area (Å²) in [7, 11) is 0. The molecule has 90 valence electrons. The molecule has 0 bridgehead atoms. The van der Waals surface area contributed by atoms with Crippen LogP contribution in [0, 0.1) is 0 Å². The van der Waals surface area contributed by atoms with Gasteiger partial charge in [0.2, 0.25) is 0 Å². The van der Waals surface area contributed by atoms with Crippen LogP contribution in [0.3, 0.4) is 0 Å². The van der Waals surface area contributed by atoms with E-state index in [1.54, 1.807) is 11.3 Å². The van der Waals surface area contributed by atoms with Gasteiger partial charge in [0.25, 0.3) is 0 Å². The lowest BCUT2D eigenvalue weighted by Crippen LogP contribution is -2.32. The lowest BCUT2D eigenvalue weighted by Gasteiger charge is -2.15. The van der Waals surface area contributed by atoms with Gasteiger partial charge < -0.3 is 5.32 Å². The molecule has 3 heteroatoms. The van der Waals surface area contributed by atoms with Crippen molar-refractivity contribution in [2.75, 3.05) is 5.88 Å². The first-order valence-corrected chi connectivity index (χ1v) is 7.15. The molecule has 0 saturated carbocycles. The minimum absolute atomic E-state index is 0.334. The highest BCUT2D eigenvalue weighted by molar-refractivity contribution is 7.09. The monoisotopic (exact) mass is 265 g/mol. The Hall–Kier alpha value is -0.830. The predicted molar refractivity (Wildman–Crippen MR) is 75.8 cm³/mol. The average molecular weight is 266 g/mol. The summed E-state index contributed by atoms with van der Waals surface area (Å²) < 4.78 is 0. The highest BCUT2D eigenvalue weighted by atomic mass is 35.5. The van der Waals surface area contributed by atoms with Crippen LogP contribution in [0.25, 0.3) is 0 Å². The van der Waals surface area contributed by atoms with Gasteiger partial charge in [0.1, 0.15) is 0 Å². The quantitative estimate of drug-likeness (QED) is 0.786. The Morgan fingerprint density at radius 3 is 2.59 bits per heavy atom. The summed E-state index contributed by atoms with van der Waals surface area (Å²) in [5, 5.41) is 5.60. The molecule has 0 spiro atoms.